The number of nitrogens with one attached hydrogen (secondary N) is 3. The fraction of sp³-hybridized carbons (Fsp3) is 0.118. The summed E-state index contributed by atoms with van der Waals surface area (Å²) in [6.45, 7) is 0. The Morgan fingerprint density at radius 3 is 2.15 bits per heavy atom. The zero-order valence-corrected chi connectivity index (χ0v) is 13.6. The summed E-state index contributed by atoms with van der Waals surface area (Å²) in [5, 5.41) is 13.5. The van der Waals surface area contributed by atoms with Crippen molar-refractivity contribution < 1.29 is 19.3 Å². The topological polar surface area (TPSA) is 130 Å². The highest BCUT2D eigenvalue weighted by Gasteiger charge is 2.19. The summed E-state index contributed by atoms with van der Waals surface area (Å²) < 4.78 is 0. The zero-order chi connectivity index (χ0) is 18.9. The Morgan fingerprint density at radius 2 is 1.46 bits per heavy atom. The Labute approximate surface area is 148 Å². The Morgan fingerprint density at radius 1 is 0.846 bits per heavy atom. The largest absolute Gasteiger partial charge is 0.326 e. The number of hydrazine groups is 1. The van der Waals surface area contributed by atoms with Crippen molar-refractivity contribution in [3.8, 4) is 0 Å². The van der Waals surface area contributed by atoms with E-state index >= 15 is 0 Å². The second-order valence-electron chi connectivity index (χ2n) is 5.19. The molecule has 3 N–H and O–H groups in total. The van der Waals surface area contributed by atoms with Crippen molar-refractivity contribution >= 4 is 29.1 Å². The van der Waals surface area contributed by atoms with E-state index in [-0.39, 0.29) is 30.0 Å². The van der Waals surface area contributed by atoms with Gasteiger partial charge in [-0.15, -0.1) is 0 Å². The molecule has 2 aromatic rings. The van der Waals surface area contributed by atoms with Gasteiger partial charge >= 0.3 is 0 Å². The first-order chi connectivity index (χ1) is 12.5. The van der Waals surface area contributed by atoms with Gasteiger partial charge in [0.15, 0.2) is 0 Å². The van der Waals surface area contributed by atoms with Crippen LogP contribution in [0.5, 0.6) is 0 Å². The van der Waals surface area contributed by atoms with Gasteiger partial charge in [-0.25, -0.2) is 0 Å². The molecule has 0 atom stereocenters. The summed E-state index contributed by atoms with van der Waals surface area (Å²) in [6, 6.07) is 14.1. The van der Waals surface area contributed by atoms with E-state index in [1.54, 1.807) is 24.3 Å². The molecule has 134 valence electrons. The molecule has 0 fully saturated rings. The molecule has 9 heteroatoms. The van der Waals surface area contributed by atoms with E-state index in [0.717, 1.165) is 0 Å². The molecule has 0 heterocycles. The lowest BCUT2D eigenvalue weighted by Crippen LogP contribution is -2.42. The fourth-order valence-corrected chi connectivity index (χ4v) is 2.05. The second-order valence-corrected chi connectivity index (χ2v) is 5.19. The number of carbonyl (C=O) groups is 3. The Hall–Kier alpha value is -3.75. The van der Waals surface area contributed by atoms with E-state index in [9.17, 15) is 24.5 Å². The molecular formula is C17H16N4O5. The number of hydrogen-bond donors (Lipinski definition) is 3. The molecule has 0 saturated carbocycles. The molecule has 0 unspecified atom stereocenters. The molecule has 0 aliphatic rings. The third-order valence-electron chi connectivity index (χ3n) is 3.30. The van der Waals surface area contributed by atoms with Gasteiger partial charge in [-0.1, -0.05) is 30.3 Å². The van der Waals surface area contributed by atoms with Crippen molar-refractivity contribution in [1.29, 1.82) is 0 Å². The van der Waals surface area contributed by atoms with Crippen LogP contribution in [0, 0.1) is 10.1 Å². The maximum Gasteiger partial charge on any atom is 0.282 e. The molecule has 0 bridgehead atoms. The zero-order valence-electron chi connectivity index (χ0n) is 13.6. The fourth-order valence-electron chi connectivity index (χ4n) is 2.05. The van der Waals surface area contributed by atoms with E-state index in [1.807, 2.05) is 6.07 Å². The van der Waals surface area contributed by atoms with E-state index in [4.69, 9.17) is 0 Å². The number of rotatable bonds is 6. The molecule has 2 aromatic carbocycles. The van der Waals surface area contributed by atoms with Gasteiger partial charge in [0.25, 0.3) is 11.6 Å². The van der Waals surface area contributed by atoms with Crippen LogP contribution in [0.15, 0.2) is 54.6 Å². The first kappa shape index (κ1) is 18.6. The number of amides is 3. The van der Waals surface area contributed by atoms with Crippen molar-refractivity contribution in [3.63, 3.8) is 0 Å². The molecule has 0 aromatic heterocycles. The van der Waals surface area contributed by atoms with Gasteiger partial charge in [-0.05, 0) is 18.2 Å². The number of nitro benzene ring substituents is 1. The van der Waals surface area contributed by atoms with Gasteiger partial charge in [0.1, 0.15) is 5.56 Å². The van der Waals surface area contributed by atoms with Crippen LogP contribution in [0.25, 0.3) is 0 Å². The number of carbonyl (C=O) groups excluding carboxylic acids is 3. The molecule has 2 rings (SSSR count). The van der Waals surface area contributed by atoms with Crippen molar-refractivity contribution in [2.75, 3.05) is 5.32 Å². The first-order valence-electron chi connectivity index (χ1n) is 7.65. The average Bonchev–Trinajstić information content (AvgIpc) is 2.65. The highest BCUT2D eigenvalue weighted by atomic mass is 16.6. The van der Waals surface area contributed by atoms with Crippen LogP contribution in [0.4, 0.5) is 11.4 Å². The molecule has 0 spiro atoms. The molecule has 3 amide bonds. The van der Waals surface area contributed by atoms with Gasteiger partial charge in [-0.2, -0.15) is 0 Å². The van der Waals surface area contributed by atoms with Crippen LogP contribution in [0.3, 0.4) is 0 Å². The van der Waals surface area contributed by atoms with Crippen LogP contribution in [0.1, 0.15) is 23.2 Å². The number of benzene rings is 2. The highest BCUT2D eigenvalue weighted by molar-refractivity contribution is 5.99. The summed E-state index contributed by atoms with van der Waals surface area (Å²) >= 11 is 0. The SMILES string of the molecule is O=C(CCC(=O)Nc1ccccc1)NNC(=O)c1ccccc1[N+](=O)[O-]. The summed E-state index contributed by atoms with van der Waals surface area (Å²) in [7, 11) is 0. The lowest BCUT2D eigenvalue weighted by Gasteiger charge is -2.08. The normalized spacial score (nSPS) is 9.85. The predicted molar refractivity (Wildman–Crippen MR) is 93.0 cm³/mol. The smallest absolute Gasteiger partial charge is 0.282 e. The van der Waals surface area contributed by atoms with Crippen molar-refractivity contribution in [2.45, 2.75) is 12.8 Å². The van der Waals surface area contributed by atoms with Gasteiger partial charge in [0.2, 0.25) is 11.8 Å². The molecule has 0 aliphatic heterocycles. The minimum Gasteiger partial charge on any atom is -0.326 e. The van der Waals surface area contributed by atoms with Crippen molar-refractivity contribution in [2.24, 2.45) is 0 Å². The summed E-state index contributed by atoms with van der Waals surface area (Å²) in [5.41, 5.74) is 4.28. The van der Waals surface area contributed by atoms with E-state index in [2.05, 4.69) is 16.2 Å². The molecule has 9 nitrogen and oxygen atoms in total. The number of para-hydroxylation sites is 2. The van der Waals surface area contributed by atoms with Gasteiger partial charge in [0, 0.05) is 24.6 Å². The molecule has 0 saturated heterocycles. The van der Waals surface area contributed by atoms with Crippen molar-refractivity contribution in [1.82, 2.24) is 10.9 Å². The lowest BCUT2D eigenvalue weighted by molar-refractivity contribution is -0.385. The standard InChI is InChI=1S/C17H16N4O5/c22-15(18-12-6-2-1-3-7-12)10-11-16(23)19-20-17(24)13-8-4-5-9-14(13)21(25)26/h1-9H,10-11H2,(H,18,22)(H,19,23)(H,20,24). The van der Waals surface area contributed by atoms with Crippen LogP contribution in [-0.4, -0.2) is 22.6 Å². The first-order valence-corrected chi connectivity index (χ1v) is 7.65. The minimum atomic E-state index is -0.820. The molecule has 0 radical (unpaired) electrons. The van der Waals surface area contributed by atoms with Crippen LogP contribution >= 0.6 is 0 Å². The molecular weight excluding hydrogens is 340 g/mol. The number of hydrogen-bond acceptors (Lipinski definition) is 5. The average molecular weight is 356 g/mol. The monoisotopic (exact) mass is 356 g/mol. The lowest BCUT2D eigenvalue weighted by atomic mass is 10.2. The molecule has 0 aliphatic carbocycles. The summed E-state index contributed by atoms with van der Waals surface area (Å²) in [6.07, 6.45) is -0.238. The highest BCUT2D eigenvalue weighted by Crippen LogP contribution is 2.16. The second kappa shape index (κ2) is 8.92. The van der Waals surface area contributed by atoms with Gasteiger partial charge in [-0.3, -0.25) is 35.3 Å². The Bertz CT molecular complexity index is 823. The van der Waals surface area contributed by atoms with E-state index in [0.29, 0.717) is 5.69 Å². The summed E-state index contributed by atoms with van der Waals surface area (Å²) in [4.78, 5) is 45.6. The number of nitrogens with zero attached hydrogens (tertiary/aromatic N) is 1. The van der Waals surface area contributed by atoms with E-state index < -0.39 is 16.7 Å². The van der Waals surface area contributed by atoms with Crippen LogP contribution in [-0.2, 0) is 9.59 Å². The quantitative estimate of drug-likeness (QED) is 0.536. The van der Waals surface area contributed by atoms with E-state index in [1.165, 1.54) is 24.3 Å². The predicted octanol–water partition coefficient (Wildman–Crippen LogP) is 1.77. The van der Waals surface area contributed by atoms with Gasteiger partial charge in [0.05, 0.1) is 4.92 Å². The van der Waals surface area contributed by atoms with Crippen LogP contribution < -0.4 is 16.2 Å². The third kappa shape index (κ3) is 5.41. The minimum absolute atomic E-state index is 0.0813. The Balaban J connectivity index is 1.79. The van der Waals surface area contributed by atoms with Gasteiger partial charge < -0.3 is 5.32 Å². The summed E-state index contributed by atoms with van der Waals surface area (Å²) in [5.74, 6) is -1.77. The maximum atomic E-state index is 11.9. The third-order valence-corrected chi connectivity index (χ3v) is 3.30. The number of nitro groups is 1. The Kier molecular flexibility index (Phi) is 6.38. The number of anilines is 1. The maximum absolute atomic E-state index is 11.9. The molecule has 26 heavy (non-hydrogen) atoms. The van der Waals surface area contributed by atoms with Crippen LogP contribution in [0.2, 0.25) is 0 Å². The van der Waals surface area contributed by atoms with Crippen molar-refractivity contribution in [3.05, 3.63) is 70.3 Å².